The molecule has 2 radical (unpaired) electrons. The second-order valence-electron chi connectivity index (χ2n) is 25.7. The van der Waals surface area contributed by atoms with Gasteiger partial charge in [-0.2, -0.15) is 41.6 Å². The zero-order chi connectivity index (χ0) is 55.9. The van der Waals surface area contributed by atoms with Crippen LogP contribution in [0.2, 0.25) is 78.6 Å². The van der Waals surface area contributed by atoms with E-state index in [0.717, 1.165) is 22.4 Å². The quantitative estimate of drug-likeness (QED) is 0.0752. The fourth-order valence-corrected chi connectivity index (χ4v) is 16.7. The van der Waals surface area contributed by atoms with Crippen molar-refractivity contribution in [1.82, 2.24) is 0 Å². The summed E-state index contributed by atoms with van der Waals surface area (Å²) in [5.74, 6) is 1.23. The van der Waals surface area contributed by atoms with Crippen LogP contribution < -0.4 is 31.1 Å². The predicted octanol–water partition coefficient (Wildman–Crippen LogP) is 18.1. The van der Waals surface area contributed by atoms with Crippen molar-refractivity contribution in [2.75, 3.05) is 0 Å². The second-order valence-corrected chi connectivity index (χ2v) is 51.0. The number of rotatable bonds is 14. The minimum absolute atomic E-state index is 0.616. The third-order valence-corrected chi connectivity index (χ3v) is 25.1. The Kier molecular flexibility index (Phi) is 21.8. The normalized spacial score (nSPS) is 13.2. The van der Waals surface area contributed by atoms with E-state index in [2.05, 4.69) is 248 Å². The Labute approximate surface area is 487 Å². The largest absolute Gasteiger partial charge is 0.184 e. The van der Waals surface area contributed by atoms with Crippen LogP contribution >= 0.6 is 17.0 Å². The molecule has 0 nitrogen and oxygen atoms in total. The molecule has 9 rings (SSSR count). The SMILES string of the molecule is CCCc1ccc2[cH-]c(C(C)CC)cc2c1-c1cc([Si](C)(C)C)cc([Si](C)(C)C)c1.CCCc1ccc2[cH-]c(C(C)CC)cc2c1-c1cc([Si](C)(C)C)cc([Si](C)(C)C)c1.[Cl][Zr][Cl].[c-]1cccc2c1[Si]c1ccccc1-2. The fourth-order valence-electron chi connectivity index (χ4n) is 10.4. The van der Waals surface area contributed by atoms with E-state index in [0.29, 0.717) is 11.8 Å². The van der Waals surface area contributed by atoms with Crippen molar-refractivity contribution in [3.8, 4) is 33.4 Å². The van der Waals surface area contributed by atoms with Crippen LogP contribution in [0.15, 0.2) is 127 Å². The molecule has 1 aliphatic heterocycles. The Balaban J connectivity index is 0.000000192. The van der Waals surface area contributed by atoms with Gasteiger partial charge in [-0.25, -0.2) is 0 Å². The molecule has 0 fully saturated rings. The number of hydrogen-bond donors (Lipinski definition) is 0. The molecule has 8 heteroatoms. The van der Waals surface area contributed by atoms with Gasteiger partial charge in [-0.3, -0.25) is 0 Å². The van der Waals surface area contributed by atoms with Crippen LogP contribution in [-0.2, 0) is 33.7 Å². The summed E-state index contributed by atoms with van der Waals surface area (Å²) in [4.78, 5) is 0. The molecule has 0 spiro atoms. The van der Waals surface area contributed by atoms with E-state index in [1.807, 2.05) is 6.07 Å². The first kappa shape index (κ1) is 62.3. The molecule has 0 amide bonds. The average Bonchev–Trinajstić information content (AvgIpc) is 4.11. The monoisotopic (exact) mass is 1210 g/mol. The van der Waals surface area contributed by atoms with E-state index >= 15 is 0 Å². The van der Waals surface area contributed by atoms with Gasteiger partial charge in [-0.05, 0) is 35.8 Å². The number of halogens is 2. The summed E-state index contributed by atoms with van der Waals surface area (Å²) in [6.45, 7) is 43.7. The molecule has 1 heterocycles. The predicted molar refractivity (Wildman–Crippen MR) is 355 cm³/mol. The van der Waals surface area contributed by atoms with Crippen LogP contribution in [0.4, 0.5) is 0 Å². The van der Waals surface area contributed by atoms with Crippen molar-refractivity contribution in [2.45, 2.75) is 170 Å². The van der Waals surface area contributed by atoms with Gasteiger partial charge in [-0.1, -0.05) is 260 Å². The van der Waals surface area contributed by atoms with Crippen LogP contribution in [0.5, 0.6) is 0 Å². The van der Waals surface area contributed by atoms with Crippen molar-refractivity contribution in [3.05, 3.63) is 156 Å². The molecular formula is C68H89Cl2Si5Zr-3. The molecule has 0 N–H and O–H groups in total. The van der Waals surface area contributed by atoms with E-state index in [1.165, 1.54) is 113 Å². The Bertz CT molecular complexity index is 2930. The van der Waals surface area contributed by atoms with E-state index in [4.69, 9.17) is 17.0 Å². The van der Waals surface area contributed by atoms with Crippen molar-refractivity contribution in [1.29, 1.82) is 0 Å². The summed E-state index contributed by atoms with van der Waals surface area (Å²) < 4.78 is 0. The molecule has 0 saturated heterocycles. The number of fused-ring (bicyclic) bond motifs is 5. The Morgan fingerprint density at radius 3 is 1.25 bits per heavy atom. The standard InChI is InChI=1S/2C28H41Si2.C12H7Si.2ClH.Zr/c2*1-10-12-21-13-14-22-15-23(20(3)11-2)18-27(22)28(21)24-16-25(29(4,5)6)19-26(17-24)30(7,8)9;1-3-7-11-9(5-1)10-6-2-4-8-12(10)13-11;;;/h2*13-20H,10-12H2,1-9H3;1-7H;2*1H;/q3*-1;;;+2/p-2. The average molecular weight is 1210 g/mol. The topological polar surface area (TPSA) is 0 Å². The van der Waals surface area contributed by atoms with Gasteiger partial charge in [0, 0.05) is 0 Å². The molecule has 0 saturated carbocycles. The minimum Gasteiger partial charge on any atom is -0.184 e. The van der Waals surface area contributed by atoms with Gasteiger partial charge in [0.15, 0.2) is 0 Å². The van der Waals surface area contributed by atoms with Crippen LogP contribution in [0, 0.1) is 6.07 Å². The minimum atomic E-state index is -1.41. The molecule has 0 aliphatic carbocycles. The molecule has 1 aliphatic rings. The van der Waals surface area contributed by atoms with Gasteiger partial charge >= 0.3 is 37.9 Å². The maximum absolute atomic E-state index is 4.93. The summed E-state index contributed by atoms with van der Waals surface area (Å²) in [5.41, 5.74) is 14.7. The molecule has 2 unspecified atom stereocenters. The smallest absolute Gasteiger partial charge is 0.0920 e. The van der Waals surface area contributed by atoms with E-state index in [9.17, 15) is 0 Å². The van der Waals surface area contributed by atoms with Crippen molar-refractivity contribution in [3.63, 3.8) is 0 Å². The molecular weight excluding hydrogens is 1120 g/mol. The van der Waals surface area contributed by atoms with Gasteiger partial charge < -0.3 is 0 Å². The van der Waals surface area contributed by atoms with Gasteiger partial charge in [0.25, 0.3) is 0 Å². The molecule has 0 bridgehead atoms. The van der Waals surface area contributed by atoms with Crippen molar-refractivity contribution < 1.29 is 20.8 Å². The number of benzene rings is 6. The van der Waals surface area contributed by atoms with Crippen LogP contribution in [0.25, 0.3) is 54.9 Å². The Hall–Kier alpha value is -2.91. The Morgan fingerprint density at radius 1 is 0.500 bits per heavy atom. The van der Waals surface area contributed by atoms with E-state index < -0.39 is 53.1 Å². The third kappa shape index (κ3) is 15.3. The summed E-state index contributed by atoms with van der Waals surface area (Å²) in [6.07, 6.45) is 7.05. The summed E-state index contributed by atoms with van der Waals surface area (Å²) in [7, 11) is 5.03. The fraction of sp³-hybridized carbons (Fsp3) is 0.382. The van der Waals surface area contributed by atoms with E-state index in [1.54, 1.807) is 20.7 Å². The molecule has 76 heavy (non-hydrogen) atoms. The molecule has 402 valence electrons. The zero-order valence-electron chi connectivity index (χ0n) is 49.8. The molecule has 0 aromatic heterocycles. The van der Waals surface area contributed by atoms with Crippen LogP contribution in [0.3, 0.4) is 0 Å². The molecule has 2 atom stereocenters. The van der Waals surface area contributed by atoms with Crippen molar-refractivity contribution >= 4 is 112 Å². The zero-order valence-corrected chi connectivity index (χ0v) is 58.7. The van der Waals surface area contributed by atoms with Crippen LogP contribution in [0.1, 0.15) is 101 Å². The van der Waals surface area contributed by atoms with Gasteiger partial charge in [0.1, 0.15) is 0 Å². The van der Waals surface area contributed by atoms with E-state index in [-0.39, 0.29) is 0 Å². The van der Waals surface area contributed by atoms with Gasteiger partial charge in [-0.15, -0.1) is 74.6 Å². The number of aryl methyl sites for hydroxylation is 2. The first-order chi connectivity index (χ1) is 35.8. The molecule has 8 aromatic carbocycles. The summed E-state index contributed by atoms with van der Waals surface area (Å²) in [5, 5.41) is 15.0. The third-order valence-electron chi connectivity index (χ3n) is 15.6. The maximum Gasteiger partial charge on any atom is 0.0920 e. The summed E-state index contributed by atoms with van der Waals surface area (Å²) >= 11 is -0.826. The first-order valence-electron chi connectivity index (χ1n) is 28.4. The summed E-state index contributed by atoms with van der Waals surface area (Å²) in [6, 6.07) is 52.8. The first-order valence-corrected chi connectivity index (χ1v) is 49.7. The second kappa shape index (κ2) is 26.6. The van der Waals surface area contributed by atoms with Gasteiger partial charge in [0.05, 0.1) is 41.8 Å². The maximum atomic E-state index is 4.93. The van der Waals surface area contributed by atoms with Crippen LogP contribution in [-0.4, -0.2) is 41.8 Å². The van der Waals surface area contributed by atoms with Gasteiger partial charge in [0.2, 0.25) is 0 Å². The van der Waals surface area contributed by atoms with Crippen molar-refractivity contribution in [2.24, 2.45) is 0 Å². The number of hydrogen-bond acceptors (Lipinski definition) is 0. The molecule has 8 aromatic rings. The Morgan fingerprint density at radius 2 is 0.882 bits per heavy atom.